The highest BCUT2D eigenvalue weighted by atomic mass is 127. The summed E-state index contributed by atoms with van der Waals surface area (Å²) >= 11 is 0. The van der Waals surface area contributed by atoms with Crippen LogP contribution in [0, 0.1) is 0 Å². The number of nitrogens with zero attached hydrogens (tertiary/aromatic N) is 4. The van der Waals surface area contributed by atoms with Crippen LogP contribution in [0.5, 0.6) is 11.5 Å². The maximum atomic E-state index is 5.51. The Labute approximate surface area is 200 Å². The number of pyridine rings is 1. The smallest absolute Gasteiger partial charge is 0.191 e. The fraction of sp³-hybridized carbons (Fsp3) is 0.409. The second-order valence-electron chi connectivity index (χ2n) is 6.88. The number of methoxy groups -OCH3 is 2. The molecule has 0 aliphatic rings. The van der Waals surface area contributed by atoms with Gasteiger partial charge in [0.2, 0.25) is 0 Å². The van der Waals surface area contributed by atoms with Crippen LogP contribution in [0.1, 0.15) is 37.7 Å². The molecule has 31 heavy (non-hydrogen) atoms. The van der Waals surface area contributed by atoms with E-state index in [1.54, 1.807) is 14.2 Å². The molecule has 1 aromatic carbocycles. The minimum Gasteiger partial charge on any atom is -0.497 e. The Balaban J connectivity index is 0.00000341. The van der Waals surface area contributed by atoms with E-state index in [0.29, 0.717) is 6.54 Å². The van der Waals surface area contributed by atoms with Crippen molar-refractivity contribution in [2.75, 3.05) is 27.3 Å². The molecule has 0 fully saturated rings. The van der Waals surface area contributed by atoms with Crippen LogP contribution in [0.2, 0.25) is 0 Å². The van der Waals surface area contributed by atoms with Crippen molar-refractivity contribution in [2.24, 2.45) is 4.99 Å². The zero-order valence-corrected chi connectivity index (χ0v) is 20.8. The van der Waals surface area contributed by atoms with Crippen LogP contribution < -0.4 is 20.1 Å². The maximum absolute atomic E-state index is 5.51. The van der Waals surface area contributed by atoms with E-state index < -0.39 is 0 Å². The van der Waals surface area contributed by atoms with Crippen LogP contribution in [0.4, 0.5) is 0 Å². The van der Waals surface area contributed by atoms with E-state index in [4.69, 9.17) is 14.5 Å². The van der Waals surface area contributed by atoms with Gasteiger partial charge in [0.15, 0.2) is 11.6 Å². The lowest BCUT2D eigenvalue weighted by atomic mass is 10.1. The van der Waals surface area contributed by atoms with E-state index in [1.165, 1.54) is 0 Å². The molecule has 0 spiro atoms. The quantitative estimate of drug-likeness (QED) is 0.188. The predicted octanol–water partition coefficient (Wildman–Crippen LogP) is 3.61. The van der Waals surface area contributed by atoms with Crippen molar-refractivity contribution < 1.29 is 9.47 Å². The largest absolute Gasteiger partial charge is 0.497 e. The lowest BCUT2D eigenvalue weighted by Gasteiger charge is -2.20. The number of guanidine groups is 1. The Hall–Kier alpha value is -2.56. The van der Waals surface area contributed by atoms with Gasteiger partial charge in [0.25, 0.3) is 0 Å². The number of fused-ring (bicyclic) bond motifs is 1. The summed E-state index contributed by atoms with van der Waals surface area (Å²) in [5.41, 5.74) is 1.88. The summed E-state index contributed by atoms with van der Waals surface area (Å²) in [5, 5.41) is 15.2. The highest BCUT2D eigenvalue weighted by Crippen LogP contribution is 2.29. The van der Waals surface area contributed by atoms with Gasteiger partial charge in [0.05, 0.1) is 20.3 Å². The Morgan fingerprint density at radius 1 is 1.16 bits per heavy atom. The van der Waals surface area contributed by atoms with Gasteiger partial charge in [-0.25, -0.2) is 0 Å². The summed E-state index contributed by atoms with van der Waals surface area (Å²) in [4.78, 5) is 4.72. The van der Waals surface area contributed by atoms with Crippen molar-refractivity contribution >= 4 is 35.6 Å². The third-order valence-electron chi connectivity index (χ3n) is 4.81. The molecule has 0 saturated carbocycles. The minimum absolute atomic E-state index is 0. The molecule has 0 radical (unpaired) electrons. The number of nitrogens with one attached hydrogen (secondary N) is 2. The van der Waals surface area contributed by atoms with Crippen molar-refractivity contribution in [1.29, 1.82) is 0 Å². The van der Waals surface area contributed by atoms with E-state index in [0.717, 1.165) is 53.9 Å². The third-order valence-corrected chi connectivity index (χ3v) is 4.81. The van der Waals surface area contributed by atoms with Crippen LogP contribution in [0.25, 0.3) is 5.65 Å². The highest BCUT2D eigenvalue weighted by molar-refractivity contribution is 14.0. The summed E-state index contributed by atoms with van der Waals surface area (Å²) in [6.07, 6.45) is 3.68. The van der Waals surface area contributed by atoms with E-state index >= 15 is 0 Å². The molecule has 1 atom stereocenters. The number of aryl methyl sites for hydroxylation is 1. The molecular formula is C22H31IN6O2. The predicted molar refractivity (Wildman–Crippen MR) is 134 cm³/mol. The molecule has 8 nitrogen and oxygen atoms in total. The Morgan fingerprint density at radius 2 is 2.00 bits per heavy atom. The number of halogens is 1. The van der Waals surface area contributed by atoms with Gasteiger partial charge in [-0.3, -0.25) is 9.39 Å². The zero-order valence-electron chi connectivity index (χ0n) is 18.5. The van der Waals surface area contributed by atoms with Crippen molar-refractivity contribution in [3.63, 3.8) is 0 Å². The van der Waals surface area contributed by atoms with Gasteiger partial charge >= 0.3 is 0 Å². The van der Waals surface area contributed by atoms with Crippen molar-refractivity contribution in [3.05, 3.63) is 54.0 Å². The van der Waals surface area contributed by atoms with Crippen LogP contribution in [-0.4, -0.2) is 47.9 Å². The molecule has 3 rings (SSSR count). The molecule has 2 aromatic heterocycles. The SMILES string of the molecule is CCNC(=NCCCc1nnc2ccccn12)NC(C)c1cc(OC)ccc1OC.I. The monoisotopic (exact) mass is 538 g/mol. The molecule has 3 aromatic rings. The maximum Gasteiger partial charge on any atom is 0.191 e. The molecule has 2 N–H and O–H groups in total. The van der Waals surface area contributed by atoms with Gasteiger partial charge in [-0.1, -0.05) is 6.07 Å². The number of aliphatic imine (C=N–C) groups is 1. The van der Waals surface area contributed by atoms with Gasteiger partial charge in [0, 0.05) is 31.3 Å². The number of hydrogen-bond donors (Lipinski definition) is 2. The first-order valence-corrected chi connectivity index (χ1v) is 10.2. The standard InChI is InChI=1S/C22H30N6O2.HI/c1-5-23-22(25-16(2)18-15-17(29-3)11-12-19(18)30-4)24-13-8-10-21-27-26-20-9-6-7-14-28(20)21;/h6-7,9,11-12,14-16H,5,8,10,13H2,1-4H3,(H2,23,24,25);1H. The van der Waals surface area contributed by atoms with Crippen molar-refractivity contribution in [2.45, 2.75) is 32.7 Å². The summed E-state index contributed by atoms with van der Waals surface area (Å²) in [6, 6.07) is 11.7. The number of aromatic nitrogens is 3. The van der Waals surface area contributed by atoms with Gasteiger partial charge in [-0.15, -0.1) is 34.2 Å². The van der Waals surface area contributed by atoms with Crippen LogP contribution >= 0.6 is 24.0 Å². The first kappa shape index (κ1) is 24.7. The number of benzene rings is 1. The summed E-state index contributed by atoms with van der Waals surface area (Å²) in [7, 11) is 3.33. The minimum atomic E-state index is -0.00621. The zero-order chi connectivity index (χ0) is 21.3. The highest BCUT2D eigenvalue weighted by Gasteiger charge is 2.14. The average Bonchev–Trinajstić information content (AvgIpc) is 3.19. The second kappa shape index (κ2) is 12.3. The molecule has 2 heterocycles. The Kier molecular flexibility index (Phi) is 9.83. The van der Waals surface area contributed by atoms with Gasteiger partial charge in [-0.05, 0) is 50.6 Å². The van der Waals surface area contributed by atoms with Crippen molar-refractivity contribution in [1.82, 2.24) is 25.2 Å². The molecular weight excluding hydrogens is 507 g/mol. The van der Waals surface area contributed by atoms with Gasteiger partial charge in [0.1, 0.15) is 17.3 Å². The lowest BCUT2D eigenvalue weighted by Crippen LogP contribution is -2.39. The molecule has 0 amide bonds. The average molecular weight is 538 g/mol. The first-order chi connectivity index (χ1) is 14.7. The molecule has 9 heteroatoms. The molecule has 0 saturated heterocycles. The normalized spacial score (nSPS) is 12.2. The van der Waals surface area contributed by atoms with E-state index in [2.05, 4.69) is 34.7 Å². The summed E-state index contributed by atoms with van der Waals surface area (Å²) in [6.45, 7) is 5.59. The first-order valence-electron chi connectivity index (χ1n) is 10.2. The lowest BCUT2D eigenvalue weighted by molar-refractivity contribution is 0.394. The Morgan fingerprint density at radius 3 is 2.74 bits per heavy atom. The topological polar surface area (TPSA) is 85.1 Å². The molecule has 1 unspecified atom stereocenters. The van der Waals surface area contributed by atoms with Crippen molar-refractivity contribution in [3.8, 4) is 11.5 Å². The fourth-order valence-corrected chi connectivity index (χ4v) is 3.27. The summed E-state index contributed by atoms with van der Waals surface area (Å²) in [5.74, 6) is 3.32. The molecule has 0 aliphatic heterocycles. The van der Waals surface area contributed by atoms with Crippen LogP contribution in [0.3, 0.4) is 0 Å². The fourth-order valence-electron chi connectivity index (χ4n) is 3.27. The molecule has 0 bridgehead atoms. The Bertz CT molecular complexity index is 991. The van der Waals surface area contributed by atoms with E-state index in [1.807, 2.05) is 47.0 Å². The number of ether oxygens (including phenoxy) is 2. The number of rotatable bonds is 9. The number of hydrogen-bond acceptors (Lipinski definition) is 5. The van der Waals surface area contributed by atoms with E-state index in [-0.39, 0.29) is 30.0 Å². The molecule has 168 valence electrons. The van der Waals surface area contributed by atoms with Crippen LogP contribution in [0.15, 0.2) is 47.6 Å². The van der Waals surface area contributed by atoms with Crippen LogP contribution in [-0.2, 0) is 6.42 Å². The second-order valence-corrected chi connectivity index (χ2v) is 6.88. The van der Waals surface area contributed by atoms with E-state index in [9.17, 15) is 0 Å². The summed E-state index contributed by atoms with van der Waals surface area (Å²) < 4.78 is 12.9. The molecule has 0 aliphatic carbocycles. The van der Waals surface area contributed by atoms with Gasteiger partial charge < -0.3 is 20.1 Å². The third kappa shape index (κ3) is 6.46. The van der Waals surface area contributed by atoms with Gasteiger partial charge in [-0.2, -0.15) is 0 Å².